The molecule has 0 aromatic heterocycles. The Morgan fingerprint density at radius 2 is 1.60 bits per heavy atom. The molecule has 3 atom stereocenters. The van der Waals surface area contributed by atoms with Crippen molar-refractivity contribution in [1.82, 2.24) is 0 Å². The Morgan fingerprint density at radius 3 is 2.00 bits per heavy atom. The molecule has 0 spiro atoms. The zero-order valence-corrected chi connectivity index (χ0v) is 11.5. The first-order valence-corrected chi connectivity index (χ1v) is 6.55. The van der Waals surface area contributed by atoms with Crippen molar-refractivity contribution in [2.75, 3.05) is 7.11 Å². The van der Waals surface area contributed by atoms with Crippen LogP contribution in [0.2, 0.25) is 0 Å². The zero-order valence-electron chi connectivity index (χ0n) is 11.5. The smallest absolute Gasteiger partial charge is 0.0619 e. The summed E-state index contributed by atoms with van der Waals surface area (Å²) in [6.07, 6.45) is 5.77. The van der Waals surface area contributed by atoms with Gasteiger partial charge in [-0.15, -0.1) is 0 Å². The van der Waals surface area contributed by atoms with Gasteiger partial charge in [0.05, 0.1) is 6.10 Å². The molecule has 0 fully saturated rings. The SMILES string of the molecule is CCC(C)CCCC(C)C(OC)C(C)C. The van der Waals surface area contributed by atoms with Crippen molar-refractivity contribution >= 4 is 0 Å². The number of rotatable bonds is 8. The molecule has 0 radical (unpaired) electrons. The van der Waals surface area contributed by atoms with Crippen LogP contribution in [-0.2, 0) is 4.74 Å². The van der Waals surface area contributed by atoms with Crippen LogP contribution in [0.5, 0.6) is 0 Å². The summed E-state index contributed by atoms with van der Waals surface area (Å²) in [5, 5.41) is 0. The van der Waals surface area contributed by atoms with Crippen LogP contribution < -0.4 is 0 Å². The Hall–Kier alpha value is -0.0400. The molecule has 0 bridgehead atoms. The maximum atomic E-state index is 5.56. The first kappa shape index (κ1) is 15.0. The third kappa shape index (κ3) is 6.19. The molecule has 1 nitrogen and oxygen atoms in total. The number of methoxy groups -OCH3 is 1. The summed E-state index contributed by atoms with van der Waals surface area (Å²) >= 11 is 0. The topological polar surface area (TPSA) is 9.23 Å². The standard InChI is InChI=1S/C14H30O/c1-7-12(4)9-8-10-13(5)14(15-6)11(2)3/h11-14H,7-10H2,1-6H3. The number of hydrogen-bond acceptors (Lipinski definition) is 1. The lowest BCUT2D eigenvalue weighted by molar-refractivity contribution is 0.0193. The van der Waals surface area contributed by atoms with Crippen molar-refractivity contribution in [2.24, 2.45) is 17.8 Å². The Kier molecular flexibility index (Phi) is 8.13. The van der Waals surface area contributed by atoms with Crippen molar-refractivity contribution in [1.29, 1.82) is 0 Å². The molecule has 15 heavy (non-hydrogen) atoms. The zero-order chi connectivity index (χ0) is 11.8. The molecular formula is C14H30O. The first-order chi connectivity index (χ1) is 7.02. The third-order valence-electron chi connectivity index (χ3n) is 3.54. The van der Waals surface area contributed by atoms with Crippen LogP contribution in [0.1, 0.15) is 60.3 Å². The average Bonchev–Trinajstić information content (AvgIpc) is 2.17. The van der Waals surface area contributed by atoms with Crippen molar-refractivity contribution in [3.63, 3.8) is 0 Å². The van der Waals surface area contributed by atoms with Crippen molar-refractivity contribution in [3.8, 4) is 0 Å². The van der Waals surface area contributed by atoms with E-state index in [-0.39, 0.29) is 0 Å². The molecule has 0 amide bonds. The fourth-order valence-corrected chi connectivity index (χ4v) is 2.32. The van der Waals surface area contributed by atoms with E-state index in [4.69, 9.17) is 4.74 Å². The minimum atomic E-state index is 0.432. The highest BCUT2D eigenvalue weighted by Crippen LogP contribution is 2.22. The molecule has 0 aromatic rings. The molecule has 92 valence electrons. The Morgan fingerprint density at radius 1 is 1.00 bits per heavy atom. The molecule has 0 aliphatic rings. The van der Waals surface area contributed by atoms with Crippen molar-refractivity contribution < 1.29 is 4.74 Å². The van der Waals surface area contributed by atoms with E-state index in [1.54, 1.807) is 0 Å². The second kappa shape index (κ2) is 8.15. The van der Waals surface area contributed by atoms with Gasteiger partial charge in [0.25, 0.3) is 0 Å². The van der Waals surface area contributed by atoms with Crippen LogP contribution in [0.4, 0.5) is 0 Å². The van der Waals surface area contributed by atoms with Gasteiger partial charge in [-0.05, 0) is 24.2 Å². The second-order valence-corrected chi connectivity index (χ2v) is 5.37. The van der Waals surface area contributed by atoms with Crippen molar-refractivity contribution in [3.05, 3.63) is 0 Å². The summed E-state index contributed by atoms with van der Waals surface area (Å²) in [5.74, 6) is 2.21. The van der Waals surface area contributed by atoms with Crippen LogP contribution in [0, 0.1) is 17.8 Å². The fraction of sp³-hybridized carbons (Fsp3) is 1.00. The van der Waals surface area contributed by atoms with Gasteiger partial charge in [0.1, 0.15) is 0 Å². The predicted molar refractivity (Wildman–Crippen MR) is 68.1 cm³/mol. The summed E-state index contributed by atoms with van der Waals surface area (Å²) in [7, 11) is 1.84. The summed E-state index contributed by atoms with van der Waals surface area (Å²) in [6.45, 7) is 11.4. The molecule has 0 saturated carbocycles. The molecule has 0 aromatic carbocycles. The Bertz CT molecular complexity index is 142. The third-order valence-corrected chi connectivity index (χ3v) is 3.54. The van der Waals surface area contributed by atoms with E-state index in [0.717, 1.165) is 5.92 Å². The van der Waals surface area contributed by atoms with Gasteiger partial charge in [0.2, 0.25) is 0 Å². The largest absolute Gasteiger partial charge is 0.381 e. The second-order valence-electron chi connectivity index (χ2n) is 5.37. The number of ether oxygens (including phenoxy) is 1. The lowest BCUT2D eigenvalue weighted by Crippen LogP contribution is -2.26. The molecule has 1 heteroatoms. The van der Waals surface area contributed by atoms with Gasteiger partial charge >= 0.3 is 0 Å². The molecule has 0 saturated heterocycles. The number of hydrogen-bond donors (Lipinski definition) is 0. The maximum Gasteiger partial charge on any atom is 0.0619 e. The molecule has 0 heterocycles. The Labute approximate surface area is 96.6 Å². The summed E-state index contributed by atoms with van der Waals surface area (Å²) in [4.78, 5) is 0. The van der Waals surface area contributed by atoms with E-state index in [2.05, 4.69) is 34.6 Å². The van der Waals surface area contributed by atoms with Gasteiger partial charge in [-0.25, -0.2) is 0 Å². The van der Waals surface area contributed by atoms with Crippen LogP contribution in [-0.4, -0.2) is 13.2 Å². The Balaban J connectivity index is 3.76. The van der Waals surface area contributed by atoms with E-state index in [1.165, 1.54) is 25.7 Å². The lowest BCUT2D eigenvalue weighted by atomic mass is 9.89. The lowest BCUT2D eigenvalue weighted by Gasteiger charge is -2.26. The highest BCUT2D eigenvalue weighted by Gasteiger charge is 2.19. The monoisotopic (exact) mass is 214 g/mol. The highest BCUT2D eigenvalue weighted by atomic mass is 16.5. The van der Waals surface area contributed by atoms with Gasteiger partial charge < -0.3 is 4.74 Å². The van der Waals surface area contributed by atoms with Gasteiger partial charge in [0, 0.05) is 7.11 Å². The molecule has 0 aliphatic heterocycles. The van der Waals surface area contributed by atoms with Crippen LogP contribution in [0.25, 0.3) is 0 Å². The maximum absolute atomic E-state index is 5.56. The van der Waals surface area contributed by atoms with E-state index < -0.39 is 0 Å². The van der Waals surface area contributed by atoms with E-state index in [1.807, 2.05) is 7.11 Å². The van der Waals surface area contributed by atoms with E-state index in [9.17, 15) is 0 Å². The molecule has 3 unspecified atom stereocenters. The summed E-state index contributed by atoms with van der Waals surface area (Å²) in [5.41, 5.74) is 0. The molecule has 0 aliphatic carbocycles. The fourth-order valence-electron chi connectivity index (χ4n) is 2.32. The van der Waals surface area contributed by atoms with Crippen LogP contribution >= 0.6 is 0 Å². The van der Waals surface area contributed by atoms with Gasteiger partial charge in [-0.2, -0.15) is 0 Å². The minimum Gasteiger partial charge on any atom is -0.381 e. The summed E-state index contributed by atoms with van der Waals surface area (Å²) in [6, 6.07) is 0. The van der Waals surface area contributed by atoms with Crippen LogP contribution in [0.3, 0.4) is 0 Å². The minimum absolute atomic E-state index is 0.432. The normalized spacial score (nSPS) is 17.8. The van der Waals surface area contributed by atoms with Gasteiger partial charge in [-0.3, -0.25) is 0 Å². The quantitative estimate of drug-likeness (QED) is 0.577. The van der Waals surface area contributed by atoms with Gasteiger partial charge in [-0.1, -0.05) is 53.9 Å². The highest BCUT2D eigenvalue weighted by molar-refractivity contribution is 4.70. The van der Waals surface area contributed by atoms with Gasteiger partial charge in [0.15, 0.2) is 0 Å². The molecule has 0 N–H and O–H groups in total. The average molecular weight is 214 g/mol. The summed E-state index contributed by atoms with van der Waals surface area (Å²) < 4.78 is 5.56. The molecular weight excluding hydrogens is 184 g/mol. The van der Waals surface area contributed by atoms with Crippen LogP contribution in [0.15, 0.2) is 0 Å². The predicted octanol–water partition coefficient (Wildman–Crippen LogP) is 4.51. The first-order valence-electron chi connectivity index (χ1n) is 6.55. The molecule has 0 rings (SSSR count). The van der Waals surface area contributed by atoms with Crippen molar-refractivity contribution in [2.45, 2.75) is 66.4 Å². The van der Waals surface area contributed by atoms with E-state index >= 15 is 0 Å². The van der Waals surface area contributed by atoms with E-state index in [0.29, 0.717) is 17.9 Å².